The van der Waals surface area contributed by atoms with E-state index >= 15 is 0 Å². The van der Waals surface area contributed by atoms with Gasteiger partial charge in [0.25, 0.3) is 0 Å². The van der Waals surface area contributed by atoms with Crippen LogP contribution in [0.3, 0.4) is 0 Å². The highest BCUT2D eigenvalue weighted by Crippen LogP contribution is 2.32. The number of carbonyl (C=O) groups excluding carboxylic acids is 2. The van der Waals surface area contributed by atoms with Crippen molar-refractivity contribution in [2.45, 2.75) is 24.7 Å². The smallest absolute Gasteiger partial charge is 0.337 e. The minimum absolute atomic E-state index is 0.325. The van der Waals surface area contributed by atoms with Gasteiger partial charge in [-0.25, -0.2) is 9.59 Å². The summed E-state index contributed by atoms with van der Waals surface area (Å²) in [4.78, 5) is 26.5. The van der Waals surface area contributed by atoms with E-state index in [-0.39, 0.29) is 5.97 Å². The summed E-state index contributed by atoms with van der Waals surface area (Å²) < 4.78 is 15.0. The van der Waals surface area contributed by atoms with Crippen LogP contribution in [0.1, 0.15) is 34.3 Å². The maximum Gasteiger partial charge on any atom is 0.337 e. The van der Waals surface area contributed by atoms with Crippen molar-refractivity contribution in [1.82, 2.24) is 4.90 Å². The molecule has 0 aliphatic rings. The third kappa shape index (κ3) is 6.08. The summed E-state index contributed by atoms with van der Waals surface area (Å²) in [6.07, 6.45) is 1.71. The molecule has 0 bridgehead atoms. The summed E-state index contributed by atoms with van der Waals surface area (Å²) in [5, 5.41) is 9.96. The molecule has 1 atom stereocenters. The zero-order valence-electron chi connectivity index (χ0n) is 19.1. The van der Waals surface area contributed by atoms with Crippen molar-refractivity contribution in [3.8, 4) is 11.8 Å². The molecule has 7 nitrogen and oxygen atoms in total. The Morgan fingerprint density at radius 1 is 1.03 bits per heavy atom. The summed E-state index contributed by atoms with van der Waals surface area (Å²) in [5.41, 5.74) is 0.743. The first-order valence-electron chi connectivity index (χ1n) is 10.4. The summed E-state index contributed by atoms with van der Waals surface area (Å²) in [6.45, 7) is 1.46. The maximum absolute atomic E-state index is 12.6. The van der Waals surface area contributed by atoms with Gasteiger partial charge in [0.05, 0.1) is 33.0 Å². The molecule has 2 aromatic rings. The van der Waals surface area contributed by atoms with Gasteiger partial charge in [-0.3, -0.25) is 0 Å². The number of ether oxygens (including phenoxy) is 3. The summed E-state index contributed by atoms with van der Waals surface area (Å²) in [6, 6.07) is 16.6. The van der Waals surface area contributed by atoms with Gasteiger partial charge in [0.2, 0.25) is 0 Å². The van der Waals surface area contributed by atoms with Gasteiger partial charge in [-0.15, -0.1) is 0 Å². The van der Waals surface area contributed by atoms with E-state index in [1.165, 1.54) is 14.2 Å². The van der Waals surface area contributed by atoms with Crippen molar-refractivity contribution in [2.24, 2.45) is 0 Å². The predicted molar refractivity (Wildman–Crippen MR) is 121 cm³/mol. The highest BCUT2D eigenvalue weighted by molar-refractivity contribution is 5.89. The van der Waals surface area contributed by atoms with Crippen LogP contribution in [0.4, 0.5) is 0 Å². The molecule has 7 heteroatoms. The number of methoxy groups -OCH3 is 3. The molecular formula is C25H30N2O5. The molecule has 0 heterocycles. The lowest BCUT2D eigenvalue weighted by atomic mass is 9.77. The Morgan fingerprint density at radius 3 is 2.44 bits per heavy atom. The first-order chi connectivity index (χ1) is 15.4. The van der Waals surface area contributed by atoms with Gasteiger partial charge in [-0.05, 0) is 68.2 Å². The van der Waals surface area contributed by atoms with Gasteiger partial charge < -0.3 is 19.1 Å². The molecular weight excluding hydrogens is 408 g/mol. The molecule has 32 heavy (non-hydrogen) atoms. The summed E-state index contributed by atoms with van der Waals surface area (Å²) in [7, 11) is 6.19. The second-order valence-electron chi connectivity index (χ2n) is 7.59. The normalized spacial score (nSPS) is 12.5. The average Bonchev–Trinajstić information content (AvgIpc) is 2.84. The van der Waals surface area contributed by atoms with Gasteiger partial charge in [-0.1, -0.05) is 24.3 Å². The van der Waals surface area contributed by atoms with Crippen LogP contribution in [0, 0.1) is 11.3 Å². The van der Waals surface area contributed by atoms with Gasteiger partial charge in [0, 0.05) is 6.54 Å². The number of esters is 2. The van der Waals surface area contributed by atoms with Crippen molar-refractivity contribution < 1.29 is 23.8 Å². The standard InChI is InChI=1S/C25H30N2O5/c1-27(15-12-19-8-5-9-20(16-19)23(28)31-3)14-7-13-25(18-26,24(29)32-4)21-10-6-11-22(17-21)30-2/h5-6,8-11,16-17H,7,12-15H2,1-4H3. The number of likely N-dealkylation sites (N-methyl/N-ethyl adjacent to an activating group) is 1. The number of benzene rings is 2. The predicted octanol–water partition coefficient (Wildman–Crippen LogP) is 3.37. The van der Waals surface area contributed by atoms with Crippen LogP contribution >= 0.6 is 0 Å². The van der Waals surface area contributed by atoms with Crippen molar-refractivity contribution in [2.75, 3.05) is 41.5 Å². The Bertz CT molecular complexity index is 969. The molecule has 170 valence electrons. The number of carbonyl (C=O) groups is 2. The zero-order chi connectivity index (χ0) is 23.6. The Kier molecular flexibility index (Phi) is 9.23. The fraction of sp³-hybridized carbons (Fsp3) is 0.400. The molecule has 1 unspecified atom stereocenters. The Hall–Kier alpha value is -3.37. The minimum atomic E-state index is -1.39. The Balaban J connectivity index is 2.01. The lowest BCUT2D eigenvalue weighted by molar-refractivity contribution is -0.145. The molecule has 0 saturated carbocycles. The first-order valence-corrected chi connectivity index (χ1v) is 10.4. The lowest BCUT2D eigenvalue weighted by Crippen LogP contribution is -2.36. The number of nitrogens with zero attached hydrogens (tertiary/aromatic N) is 2. The number of hydrogen-bond donors (Lipinski definition) is 0. The molecule has 0 aliphatic heterocycles. The quantitative estimate of drug-likeness (QED) is 0.497. The van der Waals surface area contributed by atoms with Gasteiger partial charge >= 0.3 is 11.9 Å². The monoisotopic (exact) mass is 438 g/mol. The van der Waals surface area contributed by atoms with E-state index in [0.717, 1.165) is 18.5 Å². The number of rotatable bonds is 11. The Morgan fingerprint density at radius 2 is 1.78 bits per heavy atom. The Labute approximate surface area is 189 Å². The molecule has 0 fully saturated rings. The molecule has 0 saturated heterocycles. The van der Waals surface area contributed by atoms with E-state index in [1.807, 2.05) is 25.2 Å². The average molecular weight is 439 g/mol. The largest absolute Gasteiger partial charge is 0.497 e. The molecule has 0 amide bonds. The number of hydrogen-bond acceptors (Lipinski definition) is 7. The topological polar surface area (TPSA) is 88.9 Å². The first kappa shape index (κ1) is 24.9. The lowest BCUT2D eigenvalue weighted by Gasteiger charge is -2.26. The molecule has 0 aliphatic carbocycles. The van der Waals surface area contributed by atoms with Gasteiger partial charge in [0.1, 0.15) is 5.75 Å². The minimum Gasteiger partial charge on any atom is -0.497 e. The molecule has 2 aromatic carbocycles. The second-order valence-corrected chi connectivity index (χ2v) is 7.59. The van der Waals surface area contributed by atoms with Crippen molar-refractivity contribution in [3.05, 3.63) is 65.2 Å². The third-order valence-corrected chi connectivity index (χ3v) is 5.51. The summed E-state index contributed by atoms with van der Waals surface area (Å²) in [5.74, 6) is -0.346. The second kappa shape index (κ2) is 11.9. The van der Waals surface area contributed by atoms with Crippen LogP contribution in [-0.4, -0.2) is 58.3 Å². The number of nitriles is 1. The van der Waals surface area contributed by atoms with E-state index in [9.17, 15) is 14.9 Å². The van der Waals surface area contributed by atoms with Crippen LogP contribution in [0.25, 0.3) is 0 Å². The van der Waals surface area contributed by atoms with Gasteiger partial charge in [-0.2, -0.15) is 5.26 Å². The highest BCUT2D eigenvalue weighted by Gasteiger charge is 2.41. The van der Waals surface area contributed by atoms with E-state index in [0.29, 0.717) is 36.3 Å². The SMILES string of the molecule is COC(=O)c1cccc(CCN(C)CCCC(C#N)(C(=O)OC)c2cccc(OC)c2)c1. The van der Waals surface area contributed by atoms with Crippen molar-refractivity contribution >= 4 is 11.9 Å². The van der Waals surface area contributed by atoms with Crippen LogP contribution in [0.5, 0.6) is 5.75 Å². The molecule has 2 rings (SSSR count). The molecule has 0 aromatic heterocycles. The molecule has 0 N–H and O–H groups in total. The summed E-state index contributed by atoms with van der Waals surface area (Å²) >= 11 is 0. The fourth-order valence-corrected chi connectivity index (χ4v) is 3.61. The van der Waals surface area contributed by atoms with Crippen LogP contribution in [0.2, 0.25) is 0 Å². The van der Waals surface area contributed by atoms with Crippen LogP contribution < -0.4 is 4.74 Å². The van der Waals surface area contributed by atoms with E-state index < -0.39 is 11.4 Å². The fourth-order valence-electron chi connectivity index (χ4n) is 3.61. The van der Waals surface area contributed by atoms with Gasteiger partial charge in [0.15, 0.2) is 5.41 Å². The zero-order valence-corrected chi connectivity index (χ0v) is 19.1. The van der Waals surface area contributed by atoms with E-state index in [4.69, 9.17) is 14.2 Å². The third-order valence-electron chi connectivity index (χ3n) is 5.51. The van der Waals surface area contributed by atoms with Crippen molar-refractivity contribution in [3.63, 3.8) is 0 Å². The molecule has 0 spiro atoms. The van der Waals surface area contributed by atoms with E-state index in [2.05, 4.69) is 11.0 Å². The maximum atomic E-state index is 12.6. The van der Waals surface area contributed by atoms with E-state index in [1.54, 1.807) is 37.4 Å². The van der Waals surface area contributed by atoms with Crippen molar-refractivity contribution in [1.29, 1.82) is 5.26 Å². The highest BCUT2D eigenvalue weighted by atomic mass is 16.5. The molecule has 0 radical (unpaired) electrons. The van der Waals surface area contributed by atoms with Crippen LogP contribution in [0.15, 0.2) is 48.5 Å². The van der Waals surface area contributed by atoms with Crippen LogP contribution in [-0.2, 0) is 26.1 Å².